The minimum atomic E-state index is -1.87. The summed E-state index contributed by atoms with van der Waals surface area (Å²) in [5, 5.41) is 12.5. The van der Waals surface area contributed by atoms with E-state index < -0.39 is 20.0 Å². The monoisotopic (exact) mass is 385 g/mol. The minimum Gasteiger partial charge on any atom is -0.469 e. The van der Waals surface area contributed by atoms with Crippen LogP contribution in [0, 0.1) is 0 Å². The average Bonchev–Trinajstić information content (AvgIpc) is 2.84. The van der Waals surface area contributed by atoms with E-state index in [-0.39, 0.29) is 11.6 Å². The summed E-state index contributed by atoms with van der Waals surface area (Å²) in [6, 6.07) is 0. The van der Waals surface area contributed by atoms with E-state index >= 15 is 0 Å². The zero-order chi connectivity index (χ0) is 20.2. The number of nitrogens with one attached hydrogen (secondary N) is 1. The van der Waals surface area contributed by atoms with Crippen molar-refractivity contribution in [3.8, 4) is 0 Å². The molecular weight excluding hydrogens is 350 g/mol. The van der Waals surface area contributed by atoms with Crippen LogP contribution >= 0.6 is 0 Å². The van der Waals surface area contributed by atoms with Gasteiger partial charge in [0.15, 0.2) is 8.32 Å². The molecule has 2 N–H and O–H groups in total. The van der Waals surface area contributed by atoms with E-state index in [4.69, 9.17) is 13.6 Å². The number of carbonyl (C=O) groups is 1. The van der Waals surface area contributed by atoms with Crippen LogP contribution < -0.4 is 5.32 Å². The Morgan fingerprint density at radius 3 is 2.35 bits per heavy atom. The second-order valence-electron chi connectivity index (χ2n) is 9.05. The van der Waals surface area contributed by atoms with Crippen molar-refractivity contribution in [2.75, 3.05) is 6.54 Å². The van der Waals surface area contributed by atoms with Crippen molar-refractivity contribution in [2.45, 2.75) is 84.9 Å². The summed E-state index contributed by atoms with van der Waals surface area (Å²) < 4.78 is 17.0. The minimum absolute atomic E-state index is 0.117. The Kier molecular flexibility index (Phi) is 7.50. The summed E-state index contributed by atoms with van der Waals surface area (Å²) in [5.74, 6) is 0.664. The zero-order valence-electron chi connectivity index (χ0n) is 17.5. The Balaban J connectivity index is 2.64. The molecule has 150 valence electrons. The van der Waals surface area contributed by atoms with Gasteiger partial charge >= 0.3 is 6.09 Å². The maximum Gasteiger partial charge on any atom is 0.407 e. The van der Waals surface area contributed by atoms with Gasteiger partial charge in [-0.2, -0.15) is 0 Å². The van der Waals surface area contributed by atoms with Crippen LogP contribution in [0.2, 0.25) is 18.1 Å². The van der Waals surface area contributed by atoms with Crippen LogP contribution in [0.15, 0.2) is 10.7 Å². The van der Waals surface area contributed by atoms with Crippen molar-refractivity contribution >= 4 is 14.4 Å². The van der Waals surface area contributed by atoms with E-state index in [0.29, 0.717) is 25.3 Å². The summed E-state index contributed by atoms with van der Waals surface area (Å²) in [5.41, 5.74) is 1.08. The molecule has 1 rings (SSSR count). The van der Waals surface area contributed by atoms with Gasteiger partial charge in [0.25, 0.3) is 0 Å². The first-order valence-corrected chi connectivity index (χ1v) is 12.0. The lowest BCUT2D eigenvalue weighted by Crippen LogP contribution is -2.40. The molecule has 7 heteroatoms. The second-order valence-corrected chi connectivity index (χ2v) is 13.9. The maximum atomic E-state index is 11.7. The highest BCUT2D eigenvalue weighted by molar-refractivity contribution is 6.74. The van der Waals surface area contributed by atoms with E-state index in [2.05, 4.69) is 39.2 Å². The van der Waals surface area contributed by atoms with E-state index in [9.17, 15) is 9.90 Å². The van der Waals surface area contributed by atoms with Crippen molar-refractivity contribution in [2.24, 2.45) is 0 Å². The van der Waals surface area contributed by atoms with E-state index in [1.165, 1.54) is 0 Å². The van der Waals surface area contributed by atoms with Crippen LogP contribution in [0.4, 0.5) is 4.79 Å². The standard InChI is InChI=1S/C19H35NO5Si/c1-18(2,3)25-17(22)20-10-9-16-15(11-21)14(12-23-16)13-24-26(7,8)19(4,5)6/h12,21H,9-11,13H2,1-8H3,(H,20,22). The number of carbonyl (C=O) groups excluding carboxylic acids is 1. The maximum absolute atomic E-state index is 11.7. The molecule has 0 aromatic carbocycles. The summed E-state index contributed by atoms with van der Waals surface area (Å²) in [6.45, 7) is 17.1. The number of alkyl carbamates (subject to hydrolysis) is 1. The van der Waals surface area contributed by atoms with Gasteiger partial charge in [0, 0.05) is 24.1 Å². The predicted molar refractivity (Wildman–Crippen MR) is 105 cm³/mol. The van der Waals surface area contributed by atoms with Crippen LogP contribution in [0.3, 0.4) is 0 Å². The average molecular weight is 386 g/mol. The number of aliphatic hydroxyl groups is 1. The molecular formula is C19H35NO5Si. The molecule has 1 aromatic heterocycles. The Hall–Kier alpha value is -1.31. The molecule has 0 radical (unpaired) electrons. The van der Waals surface area contributed by atoms with Crippen LogP contribution in [-0.4, -0.2) is 31.7 Å². The number of ether oxygens (including phenoxy) is 1. The van der Waals surface area contributed by atoms with E-state index in [1.807, 2.05) is 20.8 Å². The summed E-state index contributed by atoms with van der Waals surface area (Å²) in [6.07, 6.45) is 1.66. The van der Waals surface area contributed by atoms with Gasteiger partial charge in [-0.25, -0.2) is 4.79 Å². The lowest BCUT2D eigenvalue weighted by Gasteiger charge is -2.36. The highest BCUT2D eigenvalue weighted by Crippen LogP contribution is 2.37. The first kappa shape index (κ1) is 22.7. The van der Waals surface area contributed by atoms with Gasteiger partial charge < -0.3 is 24.0 Å². The number of rotatable bonds is 7. The third-order valence-corrected chi connectivity index (χ3v) is 9.12. The third-order valence-electron chi connectivity index (χ3n) is 4.64. The van der Waals surface area contributed by atoms with Crippen molar-refractivity contribution in [1.29, 1.82) is 0 Å². The van der Waals surface area contributed by atoms with Gasteiger partial charge in [0.2, 0.25) is 0 Å². The fraction of sp³-hybridized carbons (Fsp3) is 0.737. The highest BCUT2D eigenvalue weighted by Gasteiger charge is 2.37. The van der Waals surface area contributed by atoms with Crippen molar-refractivity contribution in [3.63, 3.8) is 0 Å². The van der Waals surface area contributed by atoms with E-state index in [0.717, 1.165) is 11.1 Å². The van der Waals surface area contributed by atoms with Crippen LogP contribution in [0.1, 0.15) is 58.4 Å². The van der Waals surface area contributed by atoms with Crippen molar-refractivity contribution < 1.29 is 23.5 Å². The predicted octanol–water partition coefficient (Wildman–Crippen LogP) is 4.36. The Morgan fingerprint density at radius 2 is 1.85 bits per heavy atom. The Labute approximate surface area is 158 Å². The molecule has 0 unspecified atom stereocenters. The summed E-state index contributed by atoms with van der Waals surface area (Å²) in [7, 11) is -1.87. The largest absolute Gasteiger partial charge is 0.469 e. The SMILES string of the molecule is CC(C)(C)OC(=O)NCCc1occ(CO[Si](C)(C)C(C)(C)C)c1CO. The summed E-state index contributed by atoms with van der Waals surface area (Å²) >= 11 is 0. The normalized spacial score (nSPS) is 13.0. The molecule has 1 amide bonds. The molecule has 0 saturated heterocycles. The third kappa shape index (κ3) is 6.77. The lowest BCUT2D eigenvalue weighted by atomic mass is 10.1. The second kappa shape index (κ2) is 8.58. The van der Waals surface area contributed by atoms with Crippen LogP contribution in [-0.2, 0) is 28.8 Å². The first-order valence-electron chi connectivity index (χ1n) is 9.06. The molecule has 0 aliphatic carbocycles. The fourth-order valence-electron chi connectivity index (χ4n) is 2.05. The van der Waals surface area contributed by atoms with Gasteiger partial charge in [0.1, 0.15) is 11.4 Å². The summed E-state index contributed by atoms with van der Waals surface area (Å²) in [4.78, 5) is 11.7. The Bertz CT molecular complexity index is 596. The molecule has 1 heterocycles. The molecule has 0 bridgehead atoms. The quantitative estimate of drug-likeness (QED) is 0.682. The van der Waals surface area contributed by atoms with Crippen molar-refractivity contribution in [3.05, 3.63) is 23.2 Å². The highest BCUT2D eigenvalue weighted by atomic mass is 28.4. The molecule has 26 heavy (non-hydrogen) atoms. The molecule has 0 fully saturated rings. The number of aliphatic hydroxyl groups excluding tert-OH is 1. The van der Waals surface area contributed by atoms with Gasteiger partial charge in [-0.3, -0.25) is 0 Å². The van der Waals surface area contributed by atoms with Gasteiger partial charge in [0.05, 0.1) is 19.5 Å². The lowest BCUT2D eigenvalue weighted by molar-refractivity contribution is 0.0528. The van der Waals surface area contributed by atoms with Gasteiger partial charge in [-0.05, 0) is 38.9 Å². The topological polar surface area (TPSA) is 80.9 Å². The molecule has 0 atom stereocenters. The molecule has 0 aliphatic heterocycles. The Morgan fingerprint density at radius 1 is 1.23 bits per heavy atom. The van der Waals surface area contributed by atoms with Crippen LogP contribution in [0.5, 0.6) is 0 Å². The zero-order valence-corrected chi connectivity index (χ0v) is 18.5. The number of hydrogen-bond acceptors (Lipinski definition) is 5. The number of furan rings is 1. The molecule has 0 spiro atoms. The molecule has 0 aliphatic rings. The molecule has 1 aromatic rings. The van der Waals surface area contributed by atoms with E-state index in [1.54, 1.807) is 6.26 Å². The first-order chi connectivity index (χ1) is 11.8. The smallest absolute Gasteiger partial charge is 0.407 e. The molecule has 6 nitrogen and oxygen atoms in total. The number of hydrogen-bond donors (Lipinski definition) is 2. The molecule has 0 saturated carbocycles. The van der Waals surface area contributed by atoms with Gasteiger partial charge in [-0.1, -0.05) is 20.8 Å². The van der Waals surface area contributed by atoms with Crippen LogP contribution in [0.25, 0.3) is 0 Å². The number of amides is 1. The van der Waals surface area contributed by atoms with Gasteiger partial charge in [-0.15, -0.1) is 0 Å². The van der Waals surface area contributed by atoms with Crippen molar-refractivity contribution in [1.82, 2.24) is 5.32 Å². The fourth-order valence-corrected chi connectivity index (χ4v) is 3.00.